The van der Waals surface area contributed by atoms with Crippen molar-refractivity contribution in [3.63, 3.8) is 0 Å². The van der Waals surface area contributed by atoms with Crippen molar-refractivity contribution in [2.24, 2.45) is 4.99 Å². The average Bonchev–Trinajstić information content (AvgIpc) is 3.76. The fourth-order valence-corrected chi connectivity index (χ4v) is 5.52. The number of carbonyl (C=O) groups is 2. The summed E-state index contributed by atoms with van der Waals surface area (Å²) >= 11 is 0. The predicted octanol–water partition coefficient (Wildman–Crippen LogP) is 4.76. The van der Waals surface area contributed by atoms with Crippen LogP contribution < -0.4 is 0 Å². The number of ether oxygens (including phenoxy) is 2. The quantitative estimate of drug-likeness (QED) is 0.147. The first-order valence-electron chi connectivity index (χ1n) is 14.9. The number of amides is 1. The molecular weight excluding hydrogens is 570 g/mol. The third-order valence-electron chi connectivity index (χ3n) is 7.72. The van der Waals surface area contributed by atoms with Crippen LogP contribution in [0.4, 0.5) is 4.79 Å². The highest BCUT2D eigenvalue weighted by molar-refractivity contribution is 6.08. The normalized spacial score (nSPS) is 15.8. The highest BCUT2D eigenvalue weighted by Crippen LogP contribution is 2.40. The van der Waals surface area contributed by atoms with Gasteiger partial charge >= 0.3 is 6.16 Å². The topological polar surface area (TPSA) is 165 Å². The van der Waals surface area contributed by atoms with Crippen molar-refractivity contribution >= 4 is 17.9 Å². The smallest absolute Gasteiger partial charge is 0.434 e. The van der Waals surface area contributed by atoms with Crippen LogP contribution in [-0.2, 0) is 32.4 Å². The number of tetrazole rings is 1. The Labute approximate surface area is 254 Å². The van der Waals surface area contributed by atoms with Gasteiger partial charge in [-0.3, -0.25) is 29.9 Å². The van der Waals surface area contributed by atoms with E-state index >= 15 is 0 Å². The molecule has 2 heterocycles. The van der Waals surface area contributed by atoms with Crippen LogP contribution in [0, 0.1) is 0 Å². The molecule has 1 aromatic heterocycles. The molecule has 14 heteroatoms. The molecule has 234 valence electrons. The van der Waals surface area contributed by atoms with Gasteiger partial charge in [-0.25, -0.2) is 4.79 Å². The first-order chi connectivity index (χ1) is 21.4. The lowest BCUT2D eigenvalue weighted by atomic mass is 9.97. The monoisotopic (exact) mass is 607 g/mol. The summed E-state index contributed by atoms with van der Waals surface area (Å²) in [5.74, 6) is 1.43. The van der Waals surface area contributed by atoms with E-state index in [1.54, 1.807) is 0 Å². The van der Waals surface area contributed by atoms with Gasteiger partial charge in [0, 0.05) is 18.4 Å². The SMILES string of the molecule is CCCCC1=NC2(CCCC2)C(=O)N1Cc1ccc(-c2ccccc2-c2nnn(COC(=O)OCCCON(O)O)n2)cc1. The fraction of sp³-hybridized carbons (Fsp3) is 0.467. The number of unbranched alkanes of at least 4 members (excludes halogenated alkanes) is 1. The van der Waals surface area contributed by atoms with Crippen LogP contribution in [0.25, 0.3) is 22.5 Å². The standard InChI is InChI=1S/C30H37N7O7/c1-2-3-11-26-31-30(16-6-7-17-30)28(38)35(26)20-22-12-14-23(15-13-22)24-9-4-5-10-25(24)27-32-34-36(33-27)21-43-29(39)42-18-8-19-44-37(40)41/h4-5,9-10,12-15,40-41H,2-3,6-8,11,16-21H2,1H3. The number of aliphatic imine (C=N–C) groups is 1. The van der Waals surface area contributed by atoms with E-state index in [-0.39, 0.29) is 32.3 Å². The number of aromatic nitrogens is 4. The molecule has 0 unspecified atom stereocenters. The molecule has 1 fully saturated rings. The molecule has 14 nitrogen and oxygen atoms in total. The molecule has 44 heavy (non-hydrogen) atoms. The van der Waals surface area contributed by atoms with Crippen LogP contribution >= 0.6 is 0 Å². The summed E-state index contributed by atoms with van der Waals surface area (Å²) in [6.07, 6.45) is 5.96. The van der Waals surface area contributed by atoms with Gasteiger partial charge < -0.3 is 9.47 Å². The maximum absolute atomic E-state index is 13.5. The van der Waals surface area contributed by atoms with E-state index < -0.39 is 17.1 Å². The van der Waals surface area contributed by atoms with Gasteiger partial charge in [0.25, 0.3) is 5.91 Å². The Hall–Kier alpha value is -4.24. The number of rotatable bonds is 14. The second-order valence-electron chi connectivity index (χ2n) is 10.8. The second kappa shape index (κ2) is 14.5. The molecule has 3 aromatic rings. The van der Waals surface area contributed by atoms with Crippen molar-refractivity contribution in [2.75, 3.05) is 13.2 Å². The zero-order chi connectivity index (χ0) is 30.9. The lowest BCUT2D eigenvalue weighted by molar-refractivity contribution is -0.492. The minimum absolute atomic E-state index is 0.0440. The summed E-state index contributed by atoms with van der Waals surface area (Å²) in [5.41, 5.74) is 3.09. The minimum atomic E-state index is -0.938. The van der Waals surface area contributed by atoms with Crippen LogP contribution in [0.5, 0.6) is 0 Å². The van der Waals surface area contributed by atoms with Crippen molar-refractivity contribution in [1.29, 1.82) is 0 Å². The molecular formula is C30H37N7O7. The van der Waals surface area contributed by atoms with Gasteiger partial charge in [0.15, 0.2) is 0 Å². The molecule has 2 aliphatic rings. The molecule has 1 aliphatic carbocycles. The summed E-state index contributed by atoms with van der Waals surface area (Å²) in [6.45, 7) is 2.24. The summed E-state index contributed by atoms with van der Waals surface area (Å²) in [6, 6.07) is 15.8. The van der Waals surface area contributed by atoms with E-state index in [0.717, 1.165) is 77.8 Å². The average molecular weight is 608 g/mol. The highest BCUT2D eigenvalue weighted by atomic mass is 17.1. The minimum Gasteiger partial charge on any atom is -0.434 e. The largest absolute Gasteiger partial charge is 0.510 e. The summed E-state index contributed by atoms with van der Waals surface area (Å²) in [7, 11) is 0. The van der Waals surface area contributed by atoms with Crippen LogP contribution in [0.15, 0.2) is 53.5 Å². The van der Waals surface area contributed by atoms with Crippen molar-refractivity contribution in [1.82, 2.24) is 30.5 Å². The summed E-state index contributed by atoms with van der Waals surface area (Å²) < 4.78 is 9.88. The Morgan fingerprint density at radius 2 is 1.75 bits per heavy atom. The number of amidine groups is 1. The van der Waals surface area contributed by atoms with Crippen molar-refractivity contribution in [2.45, 2.75) is 77.1 Å². The van der Waals surface area contributed by atoms with Crippen LogP contribution in [0.3, 0.4) is 0 Å². The van der Waals surface area contributed by atoms with Crippen molar-refractivity contribution in [3.8, 4) is 22.5 Å². The van der Waals surface area contributed by atoms with Gasteiger partial charge in [-0.05, 0) is 41.2 Å². The first kappa shape index (κ1) is 31.2. The number of hydrogen-bond acceptors (Lipinski definition) is 12. The highest BCUT2D eigenvalue weighted by Gasteiger charge is 2.49. The molecule has 5 rings (SSSR count). The zero-order valence-electron chi connectivity index (χ0n) is 24.7. The molecule has 1 amide bonds. The Morgan fingerprint density at radius 3 is 2.48 bits per heavy atom. The van der Waals surface area contributed by atoms with E-state index in [9.17, 15) is 9.59 Å². The van der Waals surface area contributed by atoms with Crippen LogP contribution in [0.1, 0.15) is 63.9 Å². The van der Waals surface area contributed by atoms with Gasteiger partial charge in [-0.2, -0.15) is 0 Å². The third kappa shape index (κ3) is 7.45. The maximum atomic E-state index is 13.5. The third-order valence-corrected chi connectivity index (χ3v) is 7.72. The molecule has 1 aliphatic heterocycles. The number of hydrogen-bond donors (Lipinski definition) is 2. The number of carbonyl (C=O) groups excluding carboxylic acids is 2. The summed E-state index contributed by atoms with van der Waals surface area (Å²) in [5, 5.41) is 29.0. The van der Waals surface area contributed by atoms with E-state index in [1.165, 1.54) is 0 Å². The molecule has 2 aromatic carbocycles. The van der Waals surface area contributed by atoms with Gasteiger partial charge in [0.2, 0.25) is 12.6 Å². The van der Waals surface area contributed by atoms with Gasteiger partial charge in [-0.15, -0.1) is 15.0 Å². The van der Waals surface area contributed by atoms with Gasteiger partial charge in [0.1, 0.15) is 11.4 Å². The fourth-order valence-electron chi connectivity index (χ4n) is 5.52. The lowest BCUT2D eigenvalue weighted by Crippen LogP contribution is -2.40. The maximum Gasteiger partial charge on any atom is 0.510 e. The van der Waals surface area contributed by atoms with E-state index in [1.807, 2.05) is 53.4 Å². The molecule has 2 N–H and O–H groups in total. The molecule has 0 radical (unpaired) electrons. The molecule has 0 atom stereocenters. The predicted molar refractivity (Wildman–Crippen MR) is 156 cm³/mol. The molecule has 1 saturated carbocycles. The first-order valence-corrected chi connectivity index (χ1v) is 14.9. The van der Waals surface area contributed by atoms with E-state index in [2.05, 4.69) is 27.2 Å². The Morgan fingerprint density at radius 1 is 1.00 bits per heavy atom. The number of nitrogens with zero attached hydrogens (tertiary/aromatic N) is 7. The van der Waals surface area contributed by atoms with E-state index in [0.29, 0.717) is 12.4 Å². The van der Waals surface area contributed by atoms with Crippen LogP contribution in [-0.4, -0.2) is 77.6 Å². The Kier molecular flexibility index (Phi) is 10.3. The molecule has 1 spiro atoms. The zero-order valence-corrected chi connectivity index (χ0v) is 24.7. The lowest BCUT2D eigenvalue weighted by Gasteiger charge is -2.23. The van der Waals surface area contributed by atoms with Gasteiger partial charge in [0.05, 0.1) is 25.1 Å². The Balaban J connectivity index is 1.21. The van der Waals surface area contributed by atoms with Gasteiger partial charge in [-0.1, -0.05) is 74.7 Å². The van der Waals surface area contributed by atoms with Crippen molar-refractivity contribution < 1.29 is 34.3 Å². The number of benzene rings is 2. The van der Waals surface area contributed by atoms with Crippen molar-refractivity contribution in [3.05, 3.63) is 54.1 Å². The van der Waals surface area contributed by atoms with Crippen LogP contribution in [0.2, 0.25) is 0 Å². The summed E-state index contributed by atoms with van der Waals surface area (Å²) in [4.78, 5) is 37.7. The molecule has 0 saturated heterocycles. The Bertz CT molecular complexity index is 1450. The van der Waals surface area contributed by atoms with E-state index in [4.69, 9.17) is 24.9 Å². The second-order valence-corrected chi connectivity index (χ2v) is 10.8. The molecule has 0 bridgehead atoms.